The SMILES string of the molecule is CCc1nc(-c2ccc(F)cc2OC)c(CC)nc1NC(CC)CC. The minimum Gasteiger partial charge on any atom is -0.496 e. The Morgan fingerprint density at radius 1 is 1.04 bits per heavy atom. The molecular weight excluding hydrogens is 317 g/mol. The Morgan fingerprint density at radius 3 is 2.28 bits per heavy atom. The molecule has 0 bridgehead atoms. The highest BCUT2D eigenvalue weighted by atomic mass is 19.1. The zero-order valence-electron chi connectivity index (χ0n) is 15.8. The molecule has 0 aliphatic carbocycles. The van der Waals surface area contributed by atoms with Crippen molar-refractivity contribution < 1.29 is 9.13 Å². The van der Waals surface area contributed by atoms with E-state index in [4.69, 9.17) is 14.7 Å². The summed E-state index contributed by atoms with van der Waals surface area (Å²) in [5.41, 5.74) is 3.35. The van der Waals surface area contributed by atoms with Crippen molar-refractivity contribution in [1.29, 1.82) is 0 Å². The maximum atomic E-state index is 13.5. The Balaban J connectivity index is 2.56. The summed E-state index contributed by atoms with van der Waals surface area (Å²) in [6.45, 7) is 8.45. The van der Waals surface area contributed by atoms with Gasteiger partial charge in [-0.2, -0.15) is 0 Å². The predicted octanol–water partition coefficient (Wildman–Crippen LogP) is 5.02. The van der Waals surface area contributed by atoms with Gasteiger partial charge in [-0.3, -0.25) is 0 Å². The van der Waals surface area contributed by atoms with E-state index in [2.05, 4.69) is 33.0 Å². The van der Waals surface area contributed by atoms with Crippen LogP contribution < -0.4 is 10.1 Å². The summed E-state index contributed by atoms with van der Waals surface area (Å²) in [4.78, 5) is 9.71. The molecule has 25 heavy (non-hydrogen) atoms. The Morgan fingerprint density at radius 2 is 1.72 bits per heavy atom. The molecule has 0 aliphatic heterocycles. The second kappa shape index (κ2) is 8.79. The topological polar surface area (TPSA) is 47.0 Å². The van der Waals surface area contributed by atoms with Gasteiger partial charge in [0.2, 0.25) is 0 Å². The van der Waals surface area contributed by atoms with Crippen molar-refractivity contribution in [3.05, 3.63) is 35.4 Å². The molecule has 2 rings (SSSR count). The molecule has 0 saturated heterocycles. The van der Waals surface area contributed by atoms with Gasteiger partial charge in [0.1, 0.15) is 17.4 Å². The normalized spacial score (nSPS) is 11.0. The molecule has 0 unspecified atom stereocenters. The minimum absolute atomic E-state index is 0.325. The van der Waals surface area contributed by atoms with E-state index in [-0.39, 0.29) is 5.82 Å². The van der Waals surface area contributed by atoms with Crippen LogP contribution in [0.15, 0.2) is 18.2 Å². The third-order valence-electron chi connectivity index (χ3n) is 4.46. The van der Waals surface area contributed by atoms with Crippen LogP contribution in [0.2, 0.25) is 0 Å². The molecule has 1 aromatic heterocycles. The number of benzene rings is 1. The molecule has 1 N–H and O–H groups in total. The van der Waals surface area contributed by atoms with Crippen LogP contribution in [0.4, 0.5) is 10.2 Å². The van der Waals surface area contributed by atoms with Crippen LogP contribution in [0.25, 0.3) is 11.3 Å². The van der Waals surface area contributed by atoms with Crippen LogP contribution in [0, 0.1) is 5.82 Å². The molecule has 1 heterocycles. The van der Waals surface area contributed by atoms with E-state index in [1.54, 1.807) is 13.2 Å². The minimum atomic E-state index is -0.325. The third kappa shape index (κ3) is 4.27. The van der Waals surface area contributed by atoms with E-state index in [0.29, 0.717) is 11.8 Å². The highest BCUT2D eigenvalue weighted by molar-refractivity contribution is 5.70. The molecule has 0 atom stereocenters. The average molecular weight is 345 g/mol. The number of aryl methyl sites for hydroxylation is 2. The Labute approximate surface area is 149 Å². The molecule has 4 nitrogen and oxygen atoms in total. The highest BCUT2D eigenvalue weighted by Gasteiger charge is 2.18. The molecule has 5 heteroatoms. The van der Waals surface area contributed by atoms with Gasteiger partial charge in [-0.15, -0.1) is 0 Å². The van der Waals surface area contributed by atoms with Crippen molar-refractivity contribution in [2.45, 2.75) is 59.4 Å². The van der Waals surface area contributed by atoms with Gasteiger partial charge >= 0.3 is 0 Å². The van der Waals surface area contributed by atoms with Crippen molar-refractivity contribution in [3.63, 3.8) is 0 Å². The van der Waals surface area contributed by atoms with Gasteiger partial charge in [0, 0.05) is 17.7 Å². The first kappa shape index (κ1) is 19.2. The first-order valence-electron chi connectivity index (χ1n) is 9.07. The van der Waals surface area contributed by atoms with Gasteiger partial charge in [-0.25, -0.2) is 14.4 Å². The first-order valence-corrected chi connectivity index (χ1v) is 9.07. The number of ether oxygens (including phenoxy) is 1. The lowest BCUT2D eigenvalue weighted by Crippen LogP contribution is -2.20. The Bertz CT molecular complexity index is 714. The average Bonchev–Trinajstić information content (AvgIpc) is 2.65. The van der Waals surface area contributed by atoms with Crippen LogP contribution in [-0.4, -0.2) is 23.1 Å². The molecule has 0 fully saturated rings. The zero-order chi connectivity index (χ0) is 18.4. The summed E-state index contributed by atoms with van der Waals surface area (Å²) in [5, 5.41) is 3.52. The van der Waals surface area contributed by atoms with E-state index in [1.807, 2.05) is 0 Å². The number of hydrogen-bond donors (Lipinski definition) is 1. The second-order valence-corrected chi connectivity index (χ2v) is 6.02. The molecule has 2 aromatic rings. The first-order chi connectivity index (χ1) is 12.1. The number of halogens is 1. The fraction of sp³-hybridized carbons (Fsp3) is 0.500. The summed E-state index contributed by atoms with van der Waals surface area (Å²) in [6, 6.07) is 4.92. The molecule has 0 radical (unpaired) electrons. The van der Waals surface area contributed by atoms with Crippen molar-refractivity contribution in [2.24, 2.45) is 0 Å². The maximum absolute atomic E-state index is 13.5. The zero-order valence-corrected chi connectivity index (χ0v) is 15.8. The van der Waals surface area contributed by atoms with Crippen molar-refractivity contribution in [1.82, 2.24) is 9.97 Å². The molecule has 0 saturated carbocycles. The predicted molar refractivity (Wildman–Crippen MR) is 101 cm³/mol. The number of aromatic nitrogens is 2. The Hall–Kier alpha value is -2.17. The van der Waals surface area contributed by atoms with Gasteiger partial charge in [0.15, 0.2) is 0 Å². The number of methoxy groups -OCH3 is 1. The second-order valence-electron chi connectivity index (χ2n) is 6.02. The van der Waals surface area contributed by atoms with Crippen LogP contribution in [-0.2, 0) is 12.8 Å². The standard InChI is InChI=1S/C20H28FN3O/c1-6-14(7-2)22-20-17(9-4)23-19(16(8-3)24-20)15-11-10-13(21)12-18(15)25-5/h10-12,14H,6-9H2,1-5H3,(H,22,24). The molecule has 0 spiro atoms. The smallest absolute Gasteiger partial charge is 0.148 e. The fourth-order valence-electron chi connectivity index (χ4n) is 2.88. The number of rotatable bonds is 8. The largest absolute Gasteiger partial charge is 0.496 e. The number of nitrogens with one attached hydrogen (secondary N) is 1. The number of anilines is 1. The van der Waals surface area contributed by atoms with Crippen LogP contribution in [0.1, 0.15) is 51.9 Å². The third-order valence-corrected chi connectivity index (χ3v) is 4.46. The fourth-order valence-corrected chi connectivity index (χ4v) is 2.88. The molecule has 0 amide bonds. The van der Waals surface area contributed by atoms with Crippen molar-refractivity contribution in [2.75, 3.05) is 12.4 Å². The van der Waals surface area contributed by atoms with E-state index in [9.17, 15) is 4.39 Å². The summed E-state index contributed by atoms with van der Waals surface area (Å²) >= 11 is 0. The number of hydrogen-bond acceptors (Lipinski definition) is 4. The summed E-state index contributed by atoms with van der Waals surface area (Å²) in [7, 11) is 1.54. The van der Waals surface area contributed by atoms with Gasteiger partial charge < -0.3 is 10.1 Å². The van der Waals surface area contributed by atoms with Crippen LogP contribution in [0.5, 0.6) is 5.75 Å². The van der Waals surface area contributed by atoms with Crippen molar-refractivity contribution in [3.8, 4) is 17.0 Å². The Kier molecular flexibility index (Phi) is 6.73. The van der Waals surface area contributed by atoms with Gasteiger partial charge in [0.25, 0.3) is 0 Å². The molecule has 0 aliphatic rings. The lowest BCUT2D eigenvalue weighted by molar-refractivity contribution is 0.412. The lowest BCUT2D eigenvalue weighted by Gasteiger charge is -2.20. The number of nitrogens with zero attached hydrogens (tertiary/aromatic N) is 2. The van der Waals surface area contributed by atoms with Gasteiger partial charge in [-0.05, 0) is 37.8 Å². The van der Waals surface area contributed by atoms with Crippen LogP contribution in [0.3, 0.4) is 0 Å². The monoisotopic (exact) mass is 345 g/mol. The summed E-state index contributed by atoms with van der Waals surface area (Å²) in [6.07, 6.45) is 3.59. The molecule has 136 valence electrons. The lowest BCUT2D eigenvalue weighted by atomic mass is 10.1. The van der Waals surface area contributed by atoms with E-state index >= 15 is 0 Å². The van der Waals surface area contributed by atoms with Crippen molar-refractivity contribution >= 4 is 5.82 Å². The molecular formula is C20H28FN3O. The van der Waals surface area contributed by atoms with E-state index in [0.717, 1.165) is 54.1 Å². The molecule has 1 aromatic carbocycles. The van der Waals surface area contributed by atoms with Crippen LogP contribution >= 0.6 is 0 Å². The maximum Gasteiger partial charge on any atom is 0.148 e. The van der Waals surface area contributed by atoms with E-state index in [1.165, 1.54) is 12.1 Å². The summed E-state index contributed by atoms with van der Waals surface area (Å²) < 4.78 is 18.9. The quantitative estimate of drug-likeness (QED) is 0.730. The van der Waals surface area contributed by atoms with Gasteiger partial charge in [0.05, 0.1) is 24.2 Å². The van der Waals surface area contributed by atoms with Gasteiger partial charge in [-0.1, -0.05) is 27.7 Å². The highest BCUT2D eigenvalue weighted by Crippen LogP contribution is 2.33. The summed E-state index contributed by atoms with van der Waals surface area (Å²) in [5.74, 6) is 1.01. The van der Waals surface area contributed by atoms with E-state index < -0.39 is 0 Å².